The Kier molecular flexibility index (Phi) is 4.43. The predicted molar refractivity (Wildman–Crippen MR) is 76.0 cm³/mol. The van der Waals surface area contributed by atoms with Crippen molar-refractivity contribution in [3.8, 4) is 0 Å². The second kappa shape index (κ2) is 6.06. The van der Waals surface area contributed by atoms with Gasteiger partial charge in [0.15, 0.2) is 0 Å². The van der Waals surface area contributed by atoms with Gasteiger partial charge in [-0.25, -0.2) is 0 Å². The van der Waals surface area contributed by atoms with Crippen molar-refractivity contribution in [3.63, 3.8) is 0 Å². The molecule has 1 aromatic rings. The van der Waals surface area contributed by atoms with E-state index >= 15 is 0 Å². The van der Waals surface area contributed by atoms with Gasteiger partial charge in [-0.15, -0.1) is 0 Å². The van der Waals surface area contributed by atoms with Crippen LogP contribution in [-0.2, 0) is 0 Å². The molecule has 0 aliphatic carbocycles. The lowest BCUT2D eigenvalue weighted by Crippen LogP contribution is -2.36. The first-order valence-corrected chi connectivity index (χ1v) is 6.91. The third-order valence-electron chi connectivity index (χ3n) is 3.81. The molecule has 0 aromatic heterocycles. The zero-order valence-electron chi connectivity index (χ0n) is 11.4. The number of aliphatic hydroxyl groups excluding tert-OH is 1. The molecular weight excluding hydrogens is 240 g/mol. The number of amides is 1. The summed E-state index contributed by atoms with van der Waals surface area (Å²) in [7, 11) is 0. The van der Waals surface area contributed by atoms with E-state index < -0.39 is 0 Å². The third-order valence-corrected chi connectivity index (χ3v) is 3.81. The maximum absolute atomic E-state index is 12.6. The van der Waals surface area contributed by atoms with Gasteiger partial charge >= 0.3 is 0 Å². The highest BCUT2D eigenvalue weighted by atomic mass is 16.3. The molecule has 2 rings (SSSR count). The zero-order chi connectivity index (χ0) is 13.8. The SMILES string of the molecule is Cc1cc(N)ccc1C(=O)N1CCCC1CCCO. The van der Waals surface area contributed by atoms with Crippen LogP contribution in [0.2, 0.25) is 0 Å². The molecule has 1 unspecified atom stereocenters. The van der Waals surface area contributed by atoms with Crippen LogP contribution in [0.1, 0.15) is 41.6 Å². The number of anilines is 1. The van der Waals surface area contributed by atoms with Gasteiger partial charge in [-0.2, -0.15) is 0 Å². The molecule has 1 aliphatic heterocycles. The molecule has 3 N–H and O–H groups in total. The first-order chi connectivity index (χ1) is 9.13. The Balaban J connectivity index is 2.13. The summed E-state index contributed by atoms with van der Waals surface area (Å²) >= 11 is 0. The average Bonchev–Trinajstić information content (AvgIpc) is 2.83. The zero-order valence-corrected chi connectivity index (χ0v) is 11.4. The van der Waals surface area contributed by atoms with Crippen LogP contribution in [0.15, 0.2) is 18.2 Å². The monoisotopic (exact) mass is 262 g/mol. The van der Waals surface area contributed by atoms with Gasteiger partial charge in [0, 0.05) is 30.4 Å². The van der Waals surface area contributed by atoms with E-state index in [1.165, 1.54) is 0 Å². The van der Waals surface area contributed by atoms with Gasteiger partial charge in [0.25, 0.3) is 5.91 Å². The first-order valence-electron chi connectivity index (χ1n) is 6.91. The Labute approximate surface area is 114 Å². The molecule has 19 heavy (non-hydrogen) atoms. The van der Waals surface area contributed by atoms with Gasteiger partial charge in [0.05, 0.1) is 0 Å². The van der Waals surface area contributed by atoms with E-state index in [-0.39, 0.29) is 18.6 Å². The fraction of sp³-hybridized carbons (Fsp3) is 0.533. The van der Waals surface area contributed by atoms with Crippen LogP contribution in [0.4, 0.5) is 5.69 Å². The van der Waals surface area contributed by atoms with Crippen LogP contribution < -0.4 is 5.73 Å². The largest absolute Gasteiger partial charge is 0.399 e. The summed E-state index contributed by atoms with van der Waals surface area (Å²) in [4.78, 5) is 14.5. The average molecular weight is 262 g/mol. The summed E-state index contributed by atoms with van der Waals surface area (Å²) in [5.41, 5.74) is 8.08. The number of carbonyl (C=O) groups is 1. The van der Waals surface area contributed by atoms with Gasteiger partial charge in [-0.05, 0) is 56.4 Å². The van der Waals surface area contributed by atoms with Crippen LogP contribution in [-0.4, -0.2) is 35.1 Å². The molecular formula is C15H22N2O2. The Morgan fingerprint density at radius 2 is 2.32 bits per heavy atom. The minimum absolute atomic E-state index is 0.0953. The van der Waals surface area contributed by atoms with Crippen molar-refractivity contribution in [1.29, 1.82) is 0 Å². The van der Waals surface area contributed by atoms with E-state index in [9.17, 15) is 4.79 Å². The Morgan fingerprint density at radius 3 is 3.00 bits per heavy atom. The molecule has 1 saturated heterocycles. The van der Waals surface area contributed by atoms with E-state index in [2.05, 4.69) is 0 Å². The fourth-order valence-electron chi connectivity index (χ4n) is 2.81. The summed E-state index contributed by atoms with van der Waals surface area (Å²) in [6.45, 7) is 2.93. The minimum Gasteiger partial charge on any atom is -0.399 e. The number of nitrogens with two attached hydrogens (primary N) is 1. The number of benzene rings is 1. The third kappa shape index (κ3) is 3.07. The summed E-state index contributed by atoms with van der Waals surface area (Å²) in [5.74, 6) is 0.0953. The van der Waals surface area contributed by atoms with Gasteiger partial charge in [-0.3, -0.25) is 4.79 Å². The number of aliphatic hydroxyl groups is 1. The molecule has 104 valence electrons. The maximum Gasteiger partial charge on any atom is 0.254 e. The quantitative estimate of drug-likeness (QED) is 0.815. The van der Waals surface area contributed by atoms with Crippen molar-refractivity contribution >= 4 is 11.6 Å². The van der Waals surface area contributed by atoms with Crippen LogP contribution in [0.3, 0.4) is 0 Å². The van der Waals surface area contributed by atoms with E-state index in [0.717, 1.165) is 43.4 Å². The topological polar surface area (TPSA) is 66.6 Å². The van der Waals surface area contributed by atoms with Crippen LogP contribution in [0.5, 0.6) is 0 Å². The Hall–Kier alpha value is -1.55. The number of carbonyl (C=O) groups excluding carboxylic acids is 1. The summed E-state index contributed by atoms with van der Waals surface area (Å²) < 4.78 is 0. The highest BCUT2D eigenvalue weighted by molar-refractivity contribution is 5.96. The number of rotatable bonds is 4. The van der Waals surface area contributed by atoms with Crippen molar-refractivity contribution < 1.29 is 9.90 Å². The van der Waals surface area contributed by atoms with Crippen molar-refractivity contribution in [2.24, 2.45) is 0 Å². The lowest BCUT2D eigenvalue weighted by atomic mass is 10.0. The van der Waals surface area contributed by atoms with Crippen molar-refractivity contribution in [1.82, 2.24) is 4.90 Å². The molecule has 1 atom stereocenters. The highest BCUT2D eigenvalue weighted by Crippen LogP contribution is 2.25. The predicted octanol–water partition coefficient (Wildman–Crippen LogP) is 1.95. The van der Waals surface area contributed by atoms with E-state index in [4.69, 9.17) is 10.8 Å². The number of aryl methyl sites for hydroxylation is 1. The Morgan fingerprint density at radius 1 is 1.53 bits per heavy atom. The standard InChI is InChI=1S/C15H22N2O2/c1-11-10-12(16)6-7-14(11)15(19)17-8-2-4-13(17)5-3-9-18/h6-7,10,13,18H,2-5,8-9,16H2,1H3. The smallest absolute Gasteiger partial charge is 0.254 e. The molecule has 0 radical (unpaired) electrons. The molecule has 0 saturated carbocycles. The number of hydrogen-bond donors (Lipinski definition) is 2. The van der Waals surface area contributed by atoms with Crippen molar-refractivity contribution in [3.05, 3.63) is 29.3 Å². The van der Waals surface area contributed by atoms with Crippen molar-refractivity contribution in [2.45, 2.75) is 38.6 Å². The van der Waals surface area contributed by atoms with Gasteiger partial charge in [-0.1, -0.05) is 0 Å². The molecule has 0 bridgehead atoms. The van der Waals surface area contributed by atoms with E-state index in [1.54, 1.807) is 6.07 Å². The lowest BCUT2D eigenvalue weighted by molar-refractivity contribution is 0.0724. The molecule has 0 spiro atoms. The highest BCUT2D eigenvalue weighted by Gasteiger charge is 2.29. The van der Waals surface area contributed by atoms with Gasteiger partial charge in [0.1, 0.15) is 0 Å². The molecule has 4 nitrogen and oxygen atoms in total. The molecule has 1 aliphatic rings. The summed E-state index contributed by atoms with van der Waals surface area (Å²) in [6.07, 6.45) is 3.74. The molecule has 1 amide bonds. The van der Waals surface area contributed by atoms with Crippen LogP contribution in [0.25, 0.3) is 0 Å². The maximum atomic E-state index is 12.6. The normalized spacial score (nSPS) is 18.8. The molecule has 1 aromatic carbocycles. The van der Waals surface area contributed by atoms with E-state index in [1.807, 2.05) is 24.0 Å². The molecule has 1 fully saturated rings. The first kappa shape index (κ1) is 13.9. The van der Waals surface area contributed by atoms with Gasteiger partial charge < -0.3 is 15.7 Å². The molecule has 1 heterocycles. The van der Waals surface area contributed by atoms with Gasteiger partial charge in [0.2, 0.25) is 0 Å². The number of nitrogen functional groups attached to an aromatic ring is 1. The number of hydrogen-bond acceptors (Lipinski definition) is 3. The number of nitrogens with zero attached hydrogens (tertiary/aromatic N) is 1. The van der Waals surface area contributed by atoms with E-state index in [0.29, 0.717) is 5.69 Å². The van der Waals surface area contributed by atoms with Crippen LogP contribution >= 0.6 is 0 Å². The summed E-state index contributed by atoms with van der Waals surface area (Å²) in [5, 5.41) is 8.93. The minimum atomic E-state index is 0.0953. The fourth-order valence-corrected chi connectivity index (χ4v) is 2.81. The summed E-state index contributed by atoms with van der Waals surface area (Å²) in [6, 6.07) is 5.70. The number of likely N-dealkylation sites (tertiary alicyclic amines) is 1. The lowest BCUT2D eigenvalue weighted by Gasteiger charge is -2.25. The second-order valence-electron chi connectivity index (χ2n) is 5.23. The Bertz CT molecular complexity index is 459. The van der Waals surface area contributed by atoms with Crippen molar-refractivity contribution in [2.75, 3.05) is 18.9 Å². The second-order valence-corrected chi connectivity index (χ2v) is 5.23. The van der Waals surface area contributed by atoms with Crippen LogP contribution in [0, 0.1) is 6.92 Å². The molecule has 4 heteroatoms.